The highest BCUT2D eigenvalue weighted by atomic mass is 32.2. The number of hydrogen-bond donors (Lipinski definition) is 0. The smallest absolute Gasteiger partial charge is 0.258 e. The molecule has 0 spiro atoms. The minimum absolute atomic E-state index is 0.158. The first-order valence-electron chi connectivity index (χ1n) is 9.65. The molecule has 0 atom stereocenters. The van der Waals surface area contributed by atoms with E-state index in [2.05, 4.69) is 13.2 Å². The van der Waals surface area contributed by atoms with Crippen molar-refractivity contribution in [3.8, 4) is 0 Å². The van der Waals surface area contributed by atoms with E-state index in [0.29, 0.717) is 0 Å². The SMILES string of the molecule is C=C1CN(S(=O)(=O)c2ccc([N+](=O)[O-])cc2)CC(=C)CN(S(=O)(=O)c2ccc([N+](=O)[O-])cc2)C1. The molecule has 0 aliphatic carbocycles. The van der Waals surface area contributed by atoms with Crippen molar-refractivity contribution >= 4 is 31.4 Å². The number of rotatable bonds is 6. The third-order valence-electron chi connectivity index (χ3n) is 4.97. The Balaban J connectivity index is 1.84. The highest BCUT2D eigenvalue weighted by Crippen LogP contribution is 2.26. The molecule has 0 N–H and O–H groups in total. The van der Waals surface area contributed by atoms with Crippen LogP contribution in [-0.2, 0) is 20.0 Å². The fourth-order valence-electron chi connectivity index (χ4n) is 3.33. The van der Waals surface area contributed by atoms with E-state index >= 15 is 0 Å². The first kappa shape index (κ1) is 25.2. The zero-order valence-electron chi connectivity index (χ0n) is 17.7. The van der Waals surface area contributed by atoms with Crippen LogP contribution in [0.3, 0.4) is 0 Å². The van der Waals surface area contributed by atoms with Gasteiger partial charge in [0.15, 0.2) is 0 Å². The summed E-state index contributed by atoms with van der Waals surface area (Å²) in [5, 5.41) is 21.7. The van der Waals surface area contributed by atoms with Gasteiger partial charge >= 0.3 is 0 Å². The number of nitro benzene ring substituents is 2. The molecule has 12 nitrogen and oxygen atoms in total. The summed E-state index contributed by atoms with van der Waals surface area (Å²) in [6.45, 7) is 6.80. The molecule has 1 fully saturated rings. The van der Waals surface area contributed by atoms with Crippen molar-refractivity contribution in [2.75, 3.05) is 26.2 Å². The van der Waals surface area contributed by atoms with Crippen molar-refractivity contribution in [2.24, 2.45) is 0 Å². The van der Waals surface area contributed by atoms with Gasteiger partial charge in [-0.15, -0.1) is 0 Å². The lowest BCUT2D eigenvalue weighted by molar-refractivity contribution is -0.385. The lowest BCUT2D eigenvalue weighted by Gasteiger charge is -2.31. The number of nitrogens with zero attached hydrogens (tertiary/aromatic N) is 4. The molecule has 0 aromatic heterocycles. The van der Waals surface area contributed by atoms with Gasteiger partial charge in [0.25, 0.3) is 11.4 Å². The Bertz CT molecular complexity index is 1250. The molecule has 1 aliphatic heterocycles. The van der Waals surface area contributed by atoms with Crippen LogP contribution in [0.2, 0.25) is 0 Å². The second-order valence-electron chi connectivity index (χ2n) is 7.55. The fourth-order valence-corrected chi connectivity index (χ4v) is 6.29. The molecule has 0 saturated carbocycles. The van der Waals surface area contributed by atoms with Crippen molar-refractivity contribution in [3.63, 3.8) is 0 Å². The highest BCUT2D eigenvalue weighted by Gasteiger charge is 2.32. The zero-order valence-corrected chi connectivity index (χ0v) is 19.4. The molecule has 0 bridgehead atoms. The zero-order chi connectivity index (χ0) is 25.3. The van der Waals surface area contributed by atoms with E-state index in [1.807, 2.05) is 0 Å². The summed E-state index contributed by atoms with van der Waals surface area (Å²) in [5.74, 6) is 0. The average Bonchev–Trinajstić information content (AvgIpc) is 2.77. The lowest BCUT2D eigenvalue weighted by atomic mass is 10.2. The Morgan fingerprint density at radius 1 is 0.618 bits per heavy atom. The Kier molecular flexibility index (Phi) is 6.97. The van der Waals surface area contributed by atoms with Crippen LogP contribution in [0.4, 0.5) is 11.4 Å². The molecule has 3 rings (SSSR count). The third kappa shape index (κ3) is 5.20. The van der Waals surface area contributed by atoms with Gasteiger partial charge in [-0.05, 0) is 35.4 Å². The molecule has 0 radical (unpaired) electrons. The number of sulfonamides is 2. The predicted molar refractivity (Wildman–Crippen MR) is 122 cm³/mol. The molecule has 34 heavy (non-hydrogen) atoms. The predicted octanol–water partition coefficient (Wildman–Crippen LogP) is 2.31. The molecule has 2 aromatic rings. The molecular formula is C20H20N4O8S2. The first-order valence-corrected chi connectivity index (χ1v) is 12.5. The Hall–Kier alpha value is -3.46. The van der Waals surface area contributed by atoms with E-state index in [1.54, 1.807) is 0 Å². The topological polar surface area (TPSA) is 161 Å². The van der Waals surface area contributed by atoms with Crippen LogP contribution in [-0.4, -0.2) is 61.5 Å². The maximum atomic E-state index is 13.1. The molecule has 1 aliphatic rings. The number of nitro groups is 2. The monoisotopic (exact) mass is 508 g/mol. The summed E-state index contributed by atoms with van der Waals surface area (Å²) in [4.78, 5) is 20.1. The molecule has 0 unspecified atom stereocenters. The van der Waals surface area contributed by atoms with Gasteiger partial charge in [-0.1, -0.05) is 13.2 Å². The van der Waals surface area contributed by atoms with Crippen molar-refractivity contribution in [3.05, 3.63) is 93.1 Å². The van der Waals surface area contributed by atoms with Gasteiger partial charge in [-0.2, -0.15) is 8.61 Å². The largest absolute Gasteiger partial charge is 0.269 e. The Morgan fingerprint density at radius 2 is 0.882 bits per heavy atom. The van der Waals surface area contributed by atoms with E-state index in [-0.39, 0.29) is 58.5 Å². The van der Waals surface area contributed by atoms with Crippen molar-refractivity contribution in [1.29, 1.82) is 0 Å². The van der Waals surface area contributed by atoms with Crippen LogP contribution in [0.1, 0.15) is 0 Å². The molecule has 2 aromatic carbocycles. The maximum absolute atomic E-state index is 13.1. The second kappa shape index (κ2) is 9.42. The standard InChI is InChI=1S/C20H20N4O8S2/c1-15-11-21(33(29,30)19-7-3-17(4-8-19)23(25)26)13-16(2)14-22(12-15)34(31,32)20-9-5-18(6-10-20)24(27)28/h3-10H,1-2,11-14H2. The Morgan fingerprint density at radius 3 is 1.12 bits per heavy atom. The quantitative estimate of drug-likeness (QED) is 0.326. The third-order valence-corrected chi connectivity index (χ3v) is 8.58. The van der Waals surface area contributed by atoms with E-state index in [0.717, 1.165) is 57.1 Å². The van der Waals surface area contributed by atoms with E-state index < -0.39 is 29.9 Å². The van der Waals surface area contributed by atoms with Gasteiger partial charge in [0.2, 0.25) is 20.0 Å². The van der Waals surface area contributed by atoms with Gasteiger partial charge in [0, 0.05) is 50.4 Å². The molecule has 14 heteroatoms. The van der Waals surface area contributed by atoms with Gasteiger partial charge in [-0.25, -0.2) is 16.8 Å². The van der Waals surface area contributed by atoms with E-state index in [4.69, 9.17) is 0 Å². The van der Waals surface area contributed by atoms with Crippen LogP contribution in [0, 0.1) is 20.2 Å². The average molecular weight is 509 g/mol. The minimum atomic E-state index is -4.07. The summed E-state index contributed by atoms with van der Waals surface area (Å²) in [7, 11) is -8.14. The summed E-state index contributed by atoms with van der Waals surface area (Å²) in [6.07, 6.45) is 0. The number of hydrogen-bond acceptors (Lipinski definition) is 8. The van der Waals surface area contributed by atoms with Crippen LogP contribution in [0.15, 0.2) is 82.6 Å². The van der Waals surface area contributed by atoms with E-state index in [9.17, 15) is 37.1 Å². The van der Waals surface area contributed by atoms with Crippen molar-refractivity contribution < 1.29 is 26.7 Å². The summed E-state index contributed by atoms with van der Waals surface area (Å²) < 4.78 is 54.5. The van der Waals surface area contributed by atoms with Crippen LogP contribution >= 0.6 is 0 Å². The Labute approximate surface area is 195 Å². The summed E-state index contributed by atoms with van der Waals surface area (Å²) in [5.41, 5.74) is 0.0482. The number of benzene rings is 2. The number of non-ortho nitro benzene ring substituents is 2. The summed E-state index contributed by atoms with van der Waals surface area (Å²) >= 11 is 0. The first-order chi connectivity index (χ1) is 15.8. The van der Waals surface area contributed by atoms with Gasteiger partial charge < -0.3 is 0 Å². The van der Waals surface area contributed by atoms with E-state index in [1.165, 1.54) is 0 Å². The lowest BCUT2D eigenvalue weighted by Crippen LogP contribution is -2.43. The second-order valence-corrected chi connectivity index (χ2v) is 11.4. The molecule has 0 amide bonds. The van der Waals surface area contributed by atoms with Gasteiger partial charge in [0.05, 0.1) is 19.6 Å². The molecule has 1 saturated heterocycles. The van der Waals surface area contributed by atoms with Crippen molar-refractivity contribution in [2.45, 2.75) is 9.79 Å². The van der Waals surface area contributed by atoms with Crippen molar-refractivity contribution in [1.82, 2.24) is 8.61 Å². The molecule has 180 valence electrons. The fraction of sp³-hybridized carbons (Fsp3) is 0.200. The van der Waals surface area contributed by atoms with Crippen LogP contribution < -0.4 is 0 Å². The van der Waals surface area contributed by atoms with Crippen LogP contribution in [0.5, 0.6) is 0 Å². The molecular weight excluding hydrogens is 488 g/mol. The van der Waals surface area contributed by atoms with Gasteiger partial charge in [-0.3, -0.25) is 20.2 Å². The van der Waals surface area contributed by atoms with Crippen LogP contribution in [0.25, 0.3) is 0 Å². The minimum Gasteiger partial charge on any atom is -0.258 e. The summed E-state index contributed by atoms with van der Waals surface area (Å²) in [6, 6.07) is 8.84. The normalized spacial score (nSPS) is 16.6. The highest BCUT2D eigenvalue weighted by molar-refractivity contribution is 7.89. The maximum Gasteiger partial charge on any atom is 0.269 e. The molecule has 1 heterocycles. The van der Waals surface area contributed by atoms with Gasteiger partial charge in [0.1, 0.15) is 0 Å².